The smallest absolute Gasteiger partial charge is 0.122 e. The number of hydrogen-bond donors (Lipinski definition) is 0. The zero-order chi connectivity index (χ0) is 13.7. The lowest BCUT2D eigenvalue weighted by Crippen LogP contribution is -2.11. The van der Waals surface area contributed by atoms with Gasteiger partial charge in [0.15, 0.2) is 0 Å². The van der Waals surface area contributed by atoms with E-state index in [1.165, 1.54) is 5.56 Å². The molecule has 1 heterocycles. The van der Waals surface area contributed by atoms with Gasteiger partial charge in [0.2, 0.25) is 0 Å². The summed E-state index contributed by atoms with van der Waals surface area (Å²) in [4.78, 5) is 0. The molecule has 5 heteroatoms. The second-order valence-electron chi connectivity index (χ2n) is 4.62. The molecular weight excluding hydrogens is 306 g/mol. The largest absolute Gasteiger partial charge is 0.496 e. The van der Waals surface area contributed by atoms with Gasteiger partial charge in [-0.3, -0.25) is 4.68 Å². The van der Waals surface area contributed by atoms with E-state index in [1.54, 1.807) is 11.8 Å². The number of alkyl halides is 1. The van der Waals surface area contributed by atoms with E-state index in [9.17, 15) is 0 Å². The van der Waals surface area contributed by atoms with Crippen LogP contribution in [0.25, 0.3) is 0 Å². The maximum absolute atomic E-state index is 5.40. The first-order valence-corrected chi connectivity index (χ1v) is 7.38. The Morgan fingerprint density at radius 1 is 1.32 bits per heavy atom. The molecule has 0 aliphatic heterocycles. The molecule has 0 radical (unpaired) electrons. The predicted molar refractivity (Wildman–Crippen MR) is 78.7 cm³/mol. The quantitative estimate of drug-likeness (QED) is 0.767. The summed E-state index contributed by atoms with van der Waals surface area (Å²) < 4.78 is 7.14. The Morgan fingerprint density at radius 3 is 2.74 bits per heavy atom. The van der Waals surface area contributed by atoms with E-state index in [0.717, 1.165) is 29.6 Å². The van der Waals surface area contributed by atoms with Crippen molar-refractivity contribution in [1.29, 1.82) is 0 Å². The average molecular weight is 324 g/mol. The summed E-state index contributed by atoms with van der Waals surface area (Å²) in [5, 5.41) is 9.05. The second kappa shape index (κ2) is 6.70. The predicted octanol–water partition coefficient (Wildman–Crippen LogP) is 2.62. The molecule has 0 aliphatic carbocycles. The fourth-order valence-electron chi connectivity index (χ4n) is 2.15. The molecule has 0 saturated carbocycles. The van der Waals surface area contributed by atoms with Crippen molar-refractivity contribution in [3.05, 3.63) is 41.7 Å². The van der Waals surface area contributed by atoms with Crippen molar-refractivity contribution in [2.45, 2.75) is 12.8 Å². The highest BCUT2D eigenvalue weighted by molar-refractivity contribution is 9.09. The monoisotopic (exact) mass is 323 g/mol. The highest BCUT2D eigenvalue weighted by Crippen LogP contribution is 2.23. The van der Waals surface area contributed by atoms with Crippen molar-refractivity contribution in [2.24, 2.45) is 13.0 Å². The first-order chi connectivity index (χ1) is 9.22. The standard InChI is InChI=1S/C14H18BrN3O/c1-18-10-13(16-17-18)8-11(9-15)7-12-5-3-4-6-14(12)19-2/h3-6,10-11H,7-9H2,1-2H3. The van der Waals surface area contributed by atoms with Crippen molar-refractivity contribution in [3.8, 4) is 5.75 Å². The minimum atomic E-state index is 0.480. The molecule has 0 N–H and O–H groups in total. The van der Waals surface area contributed by atoms with Gasteiger partial charge in [-0.1, -0.05) is 39.3 Å². The van der Waals surface area contributed by atoms with Gasteiger partial charge < -0.3 is 4.74 Å². The zero-order valence-electron chi connectivity index (χ0n) is 11.2. The lowest BCUT2D eigenvalue weighted by Gasteiger charge is -2.14. The zero-order valence-corrected chi connectivity index (χ0v) is 12.8. The maximum Gasteiger partial charge on any atom is 0.122 e. The summed E-state index contributed by atoms with van der Waals surface area (Å²) in [5.74, 6) is 1.43. The molecule has 2 rings (SSSR count). The third-order valence-electron chi connectivity index (χ3n) is 3.07. The van der Waals surface area contributed by atoms with Crippen LogP contribution in [0.4, 0.5) is 0 Å². The SMILES string of the molecule is COc1ccccc1CC(CBr)Cc1cn(C)nn1. The number of methoxy groups -OCH3 is 1. The Kier molecular flexibility index (Phi) is 4.96. The van der Waals surface area contributed by atoms with Crippen molar-refractivity contribution >= 4 is 15.9 Å². The van der Waals surface area contributed by atoms with Crippen LogP contribution in [0.2, 0.25) is 0 Å². The Labute approximate surface area is 121 Å². The topological polar surface area (TPSA) is 39.9 Å². The van der Waals surface area contributed by atoms with E-state index in [0.29, 0.717) is 5.92 Å². The fourth-order valence-corrected chi connectivity index (χ4v) is 2.61. The number of nitrogens with zero attached hydrogens (tertiary/aromatic N) is 3. The molecule has 1 atom stereocenters. The average Bonchev–Trinajstić information content (AvgIpc) is 2.84. The van der Waals surface area contributed by atoms with E-state index >= 15 is 0 Å². The summed E-state index contributed by atoms with van der Waals surface area (Å²) in [6, 6.07) is 8.16. The molecule has 0 spiro atoms. The lowest BCUT2D eigenvalue weighted by molar-refractivity contribution is 0.405. The van der Waals surface area contributed by atoms with Gasteiger partial charge in [0.05, 0.1) is 12.8 Å². The molecule has 19 heavy (non-hydrogen) atoms. The van der Waals surface area contributed by atoms with Gasteiger partial charge in [-0.15, -0.1) is 5.10 Å². The van der Waals surface area contributed by atoms with Crippen LogP contribution in [0.3, 0.4) is 0 Å². The molecule has 1 aromatic heterocycles. The number of benzene rings is 1. The number of halogens is 1. The van der Waals surface area contributed by atoms with E-state index in [4.69, 9.17) is 4.74 Å². The van der Waals surface area contributed by atoms with Crippen molar-refractivity contribution in [3.63, 3.8) is 0 Å². The van der Waals surface area contributed by atoms with Gasteiger partial charge in [-0.2, -0.15) is 0 Å². The van der Waals surface area contributed by atoms with Crippen LogP contribution in [-0.4, -0.2) is 27.4 Å². The normalized spacial score (nSPS) is 12.4. The van der Waals surface area contributed by atoms with Crippen molar-refractivity contribution in [2.75, 3.05) is 12.4 Å². The van der Waals surface area contributed by atoms with Gasteiger partial charge in [-0.05, 0) is 30.4 Å². The van der Waals surface area contributed by atoms with Gasteiger partial charge in [-0.25, -0.2) is 0 Å². The van der Waals surface area contributed by atoms with Crippen LogP contribution in [0.1, 0.15) is 11.3 Å². The van der Waals surface area contributed by atoms with Gasteiger partial charge in [0, 0.05) is 18.6 Å². The number of hydrogen-bond acceptors (Lipinski definition) is 3. The summed E-state index contributed by atoms with van der Waals surface area (Å²) in [6.45, 7) is 0. The maximum atomic E-state index is 5.40. The van der Waals surface area contributed by atoms with Crippen LogP contribution in [0, 0.1) is 5.92 Å². The summed E-state index contributed by atoms with van der Waals surface area (Å²) in [6.07, 6.45) is 3.85. The van der Waals surface area contributed by atoms with Gasteiger partial charge in [0.25, 0.3) is 0 Å². The number of ether oxygens (including phenoxy) is 1. The number of aryl methyl sites for hydroxylation is 1. The molecule has 4 nitrogen and oxygen atoms in total. The molecule has 102 valence electrons. The van der Waals surface area contributed by atoms with Crippen LogP contribution < -0.4 is 4.74 Å². The molecular formula is C14H18BrN3O. The third-order valence-corrected chi connectivity index (χ3v) is 3.98. The Bertz CT molecular complexity index is 527. The minimum absolute atomic E-state index is 0.480. The highest BCUT2D eigenvalue weighted by Gasteiger charge is 2.14. The minimum Gasteiger partial charge on any atom is -0.496 e. The van der Waals surface area contributed by atoms with Crippen molar-refractivity contribution < 1.29 is 4.74 Å². The van der Waals surface area contributed by atoms with Gasteiger partial charge in [0.1, 0.15) is 5.75 Å². The molecule has 1 aromatic carbocycles. The van der Waals surface area contributed by atoms with E-state index in [1.807, 2.05) is 31.4 Å². The molecule has 0 amide bonds. The second-order valence-corrected chi connectivity index (χ2v) is 5.27. The number of aromatic nitrogens is 3. The fraction of sp³-hybridized carbons (Fsp3) is 0.429. The first kappa shape index (κ1) is 14.1. The number of para-hydroxylation sites is 1. The van der Waals surface area contributed by atoms with Crippen LogP contribution >= 0.6 is 15.9 Å². The molecule has 0 saturated heterocycles. The van der Waals surface area contributed by atoms with E-state index < -0.39 is 0 Å². The van der Waals surface area contributed by atoms with Gasteiger partial charge >= 0.3 is 0 Å². The molecule has 2 aromatic rings. The summed E-state index contributed by atoms with van der Waals surface area (Å²) >= 11 is 3.59. The summed E-state index contributed by atoms with van der Waals surface area (Å²) in [7, 11) is 3.60. The summed E-state index contributed by atoms with van der Waals surface area (Å²) in [5.41, 5.74) is 2.26. The molecule has 0 fully saturated rings. The van der Waals surface area contributed by atoms with E-state index in [-0.39, 0.29) is 0 Å². The molecule has 0 aliphatic rings. The number of rotatable bonds is 6. The lowest BCUT2D eigenvalue weighted by atomic mass is 9.96. The third kappa shape index (κ3) is 3.80. The van der Waals surface area contributed by atoms with Crippen LogP contribution in [-0.2, 0) is 19.9 Å². The molecule has 0 bridgehead atoms. The van der Waals surface area contributed by atoms with Crippen LogP contribution in [0.15, 0.2) is 30.5 Å². The highest BCUT2D eigenvalue weighted by atomic mass is 79.9. The van der Waals surface area contributed by atoms with E-state index in [2.05, 4.69) is 32.3 Å². The Hall–Kier alpha value is -1.36. The Morgan fingerprint density at radius 2 is 2.11 bits per heavy atom. The Balaban J connectivity index is 2.06. The first-order valence-electron chi connectivity index (χ1n) is 6.26. The van der Waals surface area contributed by atoms with Crippen LogP contribution in [0.5, 0.6) is 5.75 Å². The van der Waals surface area contributed by atoms with Crippen molar-refractivity contribution in [1.82, 2.24) is 15.0 Å². The molecule has 1 unspecified atom stereocenters.